The second-order valence-corrected chi connectivity index (χ2v) is 8.01. The van der Waals surface area contributed by atoms with Crippen LogP contribution in [-0.4, -0.2) is 40.0 Å². The molecule has 1 amide bonds. The third kappa shape index (κ3) is 4.30. The van der Waals surface area contributed by atoms with Crippen molar-refractivity contribution in [2.75, 3.05) is 13.1 Å². The molecule has 6 heteroatoms. The summed E-state index contributed by atoms with van der Waals surface area (Å²) in [5.41, 5.74) is 2.79. The Morgan fingerprint density at radius 2 is 1.88 bits per heavy atom. The second-order valence-electron chi connectivity index (χ2n) is 7.15. The molecule has 0 atom stereocenters. The van der Waals surface area contributed by atoms with E-state index < -0.39 is 5.97 Å². The summed E-state index contributed by atoms with van der Waals surface area (Å²) in [5, 5.41) is 11.6. The summed E-state index contributed by atoms with van der Waals surface area (Å²) in [6, 6.07) is 8.33. The highest BCUT2D eigenvalue weighted by molar-refractivity contribution is 7.13. The van der Waals surface area contributed by atoms with Gasteiger partial charge < -0.3 is 10.0 Å². The van der Waals surface area contributed by atoms with Crippen molar-refractivity contribution in [3.05, 3.63) is 40.9 Å². The Bertz CT molecular complexity index is 775. The standard InChI is InChI=1S/C20H24N2O3S/c1-13(2)15-3-5-16(6-4-15)19-21-17(12-26-19)20(25)22-9-7-14(8-10-22)11-18(23)24/h3-6,12-14H,7-11H2,1-2H3,(H,23,24). The number of likely N-dealkylation sites (tertiary alicyclic amines) is 1. The van der Waals surface area contributed by atoms with E-state index in [0.29, 0.717) is 24.7 Å². The number of amides is 1. The van der Waals surface area contributed by atoms with E-state index in [1.54, 1.807) is 4.90 Å². The Kier molecular flexibility index (Phi) is 5.71. The van der Waals surface area contributed by atoms with Crippen molar-refractivity contribution in [3.63, 3.8) is 0 Å². The molecule has 1 fully saturated rings. The Hall–Kier alpha value is -2.21. The molecular formula is C20H24N2O3S. The Morgan fingerprint density at radius 3 is 2.46 bits per heavy atom. The molecule has 0 unspecified atom stereocenters. The van der Waals surface area contributed by atoms with Crippen LogP contribution in [0.5, 0.6) is 0 Å². The molecule has 1 aromatic heterocycles. The van der Waals surface area contributed by atoms with Crippen molar-refractivity contribution in [1.29, 1.82) is 0 Å². The molecule has 1 aliphatic heterocycles. The highest BCUT2D eigenvalue weighted by atomic mass is 32.1. The number of carbonyl (C=O) groups is 2. The van der Waals surface area contributed by atoms with Gasteiger partial charge in [0, 0.05) is 30.5 Å². The number of nitrogens with zero attached hydrogens (tertiary/aromatic N) is 2. The van der Waals surface area contributed by atoms with Gasteiger partial charge in [-0.15, -0.1) is 11.3 Å². The molecule has 0 saturated carbocycles. The summed E-state index contributed by atoms with van der Waals surface area (Å²) < 4.78 is 0. The predicted octanol–water partition coefficient (Wildman–Crippen LogP) is 4.26. The maximum absolute atomic E-state index is 12.7. The minimum absolute atomic E-state index is 0.0555. The molecule has 1 saturated heterocycles. The zero-order chi connectivity index (χ0) is 18.7. The lowest BCUT2D eigenvalue weighted by Gasteiger charge is -2.30. The van der Waals surface area contributed by atoms with Crippen LogP contribution in [-0.2, 0) is 4.79 Å². The van der Waals surface area contributed by atoms with Crippen LogP contribution < -0.4 is 0 Å². The van der Waals surface area contributed by atoms with Crippen molar-refractivity contribution in [3.8, 4) is 10.6 Å². The van der Waals surface area contributed by atoms with E-state index in [1.807, 2.05) is 5.38 Å². The molecule has 1 aliphatic rings. The van der Waals surface area contributed by atoms with Crippen LogP contribution in [0.1, 0.15) is 55.1 Å². The summed E-state index contributed by atoms with van der Waals surface area (Å²) >= 11 is 1.48. The summed E-state index contributed by atoms with van der Waals surface area (Å²) in [5.74, 6) is -0.161. The average molecular weight is 372 g/mol. The van der Waals surface area contributed by atoms with Crippen LogP contribution in [0.15, 0.2) is 29.6 Å². The van der Waals surface area contributed by atoms with E-state index in [1.165, 1.54) is 16.9 Å². The van der Waals surface area contributed by atoms with Gasteiger partial charge in [-0.2, -0.15) is 0 Å². The van der Waals surface area contributed by atoms with Crippen molar-refractivity contribution >= 4 is 23.2 Å². The molecule has 26 heavy (non-hydrogen) atoms. The maximum atomic E-state index is 12.7. The zero-order valence-electron chi connectivity index (χ0n) is 15.1. The van der Waals surface area contributed by atoms with E-state index in [2.05, 4.69) is 43.1 Å². The topological polar surface area (TPSA) is 70.5 Å². The van der Waals surface area contributed by atoms with Crippen LogP contribution >= 0.6 is 11.3 Å². The third-order valence-electron chi connectivity index (χ3n) is 4.91. The average Bonchev–Trinajstić information content (AvgIpc) is 3.11. The monoisotopic (exact) mass is 372 g/mol. The maximum Gasteiger partial charge on any atom is 0.303 e. The number of aromatic nitrogens is 1. The lowest BCUT2D eigenvalue weighted by atomic mass is 9.93. The Balaban J connectivity index is 1.64. The number of benzene rings is 1. The third-order valence-corrected chi connectivity index (χ3v) is 5.80. The van der Waals surface area contributed by atoms with Crippen LogP contribution in [0.4, 0.5) is 0 Å². The molecule has 0 bridgehead atoms. The molecule has 1 aromatic carbocycles. The normalized spacial score (nSPS) is 15.4. The summed E-state index contributed by atoms with van der Waals surface area (Å²) in [6.07, 6.45) is 1.67. The fourth-order valence-electron chi connectivity index (χ4n) is 3.26. The first kappa shape index (κ1) is 18.6. The van der Waals surface area contributed by atoms with Gasteiger partial charge in [0.25, 0.3) is 5.91 Å². The molecule has 5 nitrogen and oxygen atoms in total. The molecular weight excluding hydrogens is 348 g/mol. The lowest BCUT2D eigenvalue weighted by molar-refractivity contribution is -0.138. The molecule has 138 valence electrons. The number of rotatable bonds is 5. The number of hydrogen-bond acceptors (Lipinski definition) is 4. The van der Waals surface area contributed by atoms with E-state index in [9.17, 15) is 9.59 Å². The van der Waals surface area contributed by atoms with Crippen molar-refractivity contribution in [1.82, 2.24) is 9.88 Å². The van der Waals surface area contributed by atoms with Gasteiger partial charge in [0.05, 0.1) is 0 Å². The van der Waals surface area contributed by atoms with Gasteiger partial charge in [-0.3, -0.25) is 9.59 Å². The number of aliphatic carboxylic acids is 1. The Morgan fingerprint density at radius 1 is 1.23 bits per heavy atom. The smallest absolute Gasteiger partial charge is 0.303 e. The number of thiazole rings is 1. The van der Waals surface area contributed by atoms with Crippen LogP contribution in [0.3, 0.4) is 0 Å². The van der Waals surface area contributed by atoms with E-state index in [-0.39, 0.29) is 18.2 Å². The van der Waals surface area contributed by atoms with Crippen LogP contribution in [0.2, 0.25) is 0 Å². The number of piperidine rings is 1. The highest BCUT2D eigenvalue weighted by Gasteiger charge is 2.26. The summed E-state index contributed by atoms with van der Waals surface area (Å²) in [7, 11) is 0. The first-order chi connectivity index (χ1) is 12.4. The van der Waals surface area contributed by atoms with Gasteiger partial charge in [-0.25, -0.2) is 4.98 Å². The fraction of sp³-hybridized carbons (Fsp3) is 0.450. The summed E-state index contributed by atoms with van der Waals surface area (Å²) in [6.45, 7) is 5.53. The predicted molar refractivity (Wildman–Crippen MR) is 103 cm³/mol. The molecule has 0 radical (unpaired) electrons. The van der Waals surface area contributed by atoms with Crippen LogP contribution in [0, 0.1) is 5.92 Å². The van der Waals surface area contributed by atoms with E-state index in [0.717, 1.165) is 23.4 Å². The van der Waals surface area contributed by atoms with E-state index in [4.69, 9.17) is 5.11 Å². The minimum Gasteiger partial charge on any atom is -0.481 e. The number of carboxylic acids is 1. The lowest BCUT2D eigenvalue weighted by Crippen LogP contribution is -2.39. The molecule has 3 rings (SSSR count). The minimum atomic E-state index is -0.762. The molecule has 1 N–H and O–H groups in total. The van der Waals surface area contributed by atoms with Crippen molar-refractivity contribution < 1.29 is 14.7 Å². The SMILES string of the molecule is CC(C)c1ccc(-c2nc(C(=O)N3CCC(CC(=O)O)CC3)cs2)cc1. The van der Waals surface area contributed by atoms with Gasteiger partial charge in [0.15, 0.2) is 0 Å². The van der Waals surface area contributed by atoms with Gasteiger partial charge in [-0.05, 0) is 30.2 Å². The molecule has 0 spiro atoms. The summed E-state index contributed by atoms with van der Waals surface area (Å²) in [4.78, 5) is 29.8. The van der Waals surface area contributed by atoms with Gasteiger partial charge in [0.2, 0.25) is 0 Å². The van der Waals surface area contributed by atoms with Gasteiger partial charge >= 0.3 is 5.97 Å². The number of carbonyl (C=O) groups excluding carboxylic acids is 1. The molecule has 2 heterocycles. The largest absolute Gasteiger partial charge is 0.481 e. The van der Waals surface area contributed by atoms with Gasteiger partial charge in [0.1, 0.15) is 10.7 Å². The molecule has 0 aliphatic carbocycles. The van der Waals surface area contributed by atoms with Crippen molar-refractivity contribution in [2.24, 2.45) is 5.92 Å². The second kappa shape index (κ2) is 7.99. The quantitative estimate of drug-likeness (QED) is 0.851. The highest BCUT2D eigenvalue weighted by Crippen LogP contribution is 2.27. The number of hydrogen-bond donors (Lipinski definition) is 1. The Labute approximate surface area is 157 Å². The number of carboxylic acid groups (broad SMARTS) is 1. The van der Waals surface area contributed by atoms with Crippen molar-refractivity contribution in [2.45, 2.75) is 39.0 Å². The van der Waals surface area contributed by atoms with Gasteiger partial charge in [-0.1, -0.05) is 38.1 Å². The fourth-order valence-corrected chi connectivity index (χ4v) is 4.06. The van der Waals surface area contributed by atoms with Crippen LogP contribution in [0.25, 0.3) is 10.6 Å². The zero-order valence-corrected chi connectivity index (χ0v) is 16.0. The molecule has 2 aromatic rings. The first-order valence-corrected chi connectivity index (χ1v) is 9.89. The van der Waals surface area contributed by atoms with E-state index >= 15 is 0 Å². The first-order valence-electron chi connectivity index (χ1n) is 9.01.